The van der Waals surface area contributed by atoms with Gasteiger partial charge in [-0.05, 0) is 30.0 Å². The summed E-state index contributed by atoms with van der Waals surface area (Å²) in [4.78, 5) is 18.0. The normalized spacial score (nSPS) is 16.3. The molecule has 0 fully saturated rings. The largest absolute Gasteiger partial charge is 0.352 e. The van der Waals surface area contributed by atoms with Gasteiger partial charge in [0.2, 0.25) is 11.7 Å². The molecule has 1 aromatic heterocycles. The Kier molecular flexibility index (Phi) is 4.90. The quantitative estimate of drug-likeness (QED) is 0.665. The van der Waals surface area contributed by atoms with E-state index >= 15 is 0 Å². The van der Waals surface area contributed by atoms with Crippen LogP contribution >= 0.6 is 11.9 Å². The standard InChI is InChI=1S/C21H22N4OS/c1-3-25-20-17(18(26)19(27-25)16-12-8-5-9-13-16)24(2)21(23-20)22-14-15-10-6-4-7-11-15/h4-13,19H,3,14H2,1-2H3,(H,22,23). The molecule has 1 N–H and O–H groups in total. The summed E-state index contributed by atoms with van der Waals surface area (Å²) < 4.78 is 4.00. The van der Waals surface area contributed by atoms with E-state index in [9.17, 15) is 4.79 Å². The molecule has 0 radical (unpaired) electrons. The maximum Gasteiger partial charge on any atom is 0.205 e. The number of anilines is 2. The first-order valence-electron chi connectivity index (χ1n) is 9.07. The van der Waals surface area contributed by atoms with Gasteiger partial charge in [-0.25, -0.2) is 0 Å². The summed E-state index contributed by atoms with van der Waals surface area (Å²) >= 11 is 1.55. The second-order valence-corrected chi connectivity index (χ2v) is 7.58. The van der Waals surface area contributed by atoms with E-state index in [1.165, 1.54) is 5.56 Å². The van der Waals surface area contributed by atoms with E-state index in [0.717, 1.165) is 17.9 Å². The summed E-state index contributed by atoms with van der Waals surface area (Å²) in [5.41, 5.74) is 2.87. The van der Waals surface area contributed by atoms with Crippen molar-refractivity contribution in [1.29, 1.82) is 0 Å². The number of fused-ring (bicyclic) bond motifs is 1. The lowest BCUT2D eigenvalue weighted by molar-refractivity contribution is 0.0981. The highest BCUT2D eigenvalue weighted by Gasteiger charge is 2.38. The van der Waals surface area contributed by atoms with Gasteiger partial charge in [-0.3, -0.25) is 9.10 Å². The summed E-state index contributed by atoms with van der Waals surface area (Å²) in [6.45, 7) is 3.53. The van der Waals surface area contributed by atoms with Gasteiger partial charge in [0, 0.05) is 20.1 Å². The molecule has 0 spiro atoms. The molecular formula is C21H22N4OS. The van der Waals surface area contributed by atoms with Gasteiger partial charge in [0.15, 0.2) is 5.82 Å². The van der Waals surface area contributed by atoms with E-state index < -0.39 is 0 Å². The summed E-state index contributed by atoms with van der Waals surface area (Å²) in [5, 5.41) is 3.13. The minimum Gasteiger partial charge on any atom is -0.352 e. The second kappa shape index (κ2) is 7.48. The zero-order chi connectivity index (χ0) is 18.8. The molecular weight excluding hydrogens is 356 g/mol. The van der Waals surface area contributed by atoms with Crippen LogP contribution in [0.3, 0.4) is 0 Å². The average molecular weight is 379 g/mol. The molecule has 1 atom stereocenters. The van der Waals surface area contributed by atoms with Gasteiger partial charge < -0.3 is 9.88 Å². The topological polar surface area (TPSA) is 50.2 Å². The van der Waals surface area contributed by atoms with Crippen LogP contribution in [0.15, 0.2) is 60.7 Å². The molecule has 0 saturated heterocycles. The molecule has 138 valence electrons. The molecule has 2 aromatic carbocycles. The number of Topliss-reactive ketones (excluding diaryl/α,β-unsaturated/α-hetero) is 1. The third-order valence-electron chi connectivity index (χ3n) is 4.70. The van der Waals surface area contributed by atoms with Crippen LogP contribution in [-0.2, 0) is 13.6 Å². The Hall–Kier alpha value is -2.73. The van der Waals surface area contributed by atoms with Crippen molar-refractivity contribution < 1.29 is 4.79 Å². The van der Waals surface area contributed by atoms with Crippen LogP contribution in [0.1, 0.15) is 33.8 Å². The van der Waals surface area contributed by atoms with Crippen molar-refractivity contribution in [3.63, 3.8) is 0 Å². The van der Waals surface area contributed by atoms with E-state index in [4.69, 9.17) is 4.98 Å². The number of nitrogens with one attached hydrogen (secondary N) is 1. The Morgan fingerprint density at radius 3 is 2.41 bits per heavy atom. The van der Waals surface area contributed by atoms with E-state index in [-0.39, 0.29) is 11.0 Å². The number of hydrogen-bond acceptors (Lipinski definition) is 5. The number of imidazole rings is 1. The molecule has 4 rings (SSSR count). The van der Waals surface area contributed by atoms with E-state index in [1.807, 2.05) is 60.1 Å². The SMILES string of the molecule is CCN1SC(c2ccccc2)C(=O)c2c1nc(NCc1ccccc1)n2C. The van der Waals surface area contributed by atoms with Crippen LogP contribution in [0.2, 0.25) is 0 Å². The number of rotatable bonds is 5. The molecule has 27 heavy (non-hydrogen) atoms. The van der Waals surface area contributed by atoms with Crippen LogP contribution in [-0.4, -0.2) is 21.9 Å². The van der Waals surface area contributed by atoms with Crippen LogP contribution in [0, 0.1) is 0 Å². The van der Waals surface area contributed by atoms with Crippen molar-refractivity contribution in [2.45, 2.75) is 18.7 Å². The van der Waals surface area contributed by atoms with Crippen molar-refractivity contribution in [3.8, 4) is 0 Å². The molecule has 5 nitrogen and oxygen atoms in total. The molecule has 0 saturated carbocycles. The van der Waals surface area contributed by atoms with E-state index in [1.54, 1.807) is 11.9 Å². The predicted octanol–water partition coefficient (Wildman–Crippen LogP) is 4.44. The zero-order valence-corrected chi connectivity index (χ0v) is 16.2. The Morgan fingerprint density at radius 1 is 1.07 bits per heavy atom. The fourth-order valence-electron chi connectivity index (χ4n) is 3.28. The molecule has 2 heterocycles. The van der Waals surface area contributed by atoms with Gasteiger partial charge in [-0.1, -0.05) is 60.7 Å². The van der Waals surface area contributed by atoms with Crippen molar-refractivity contribution in [1.82, 2.24) is 9.55 Å². The van der Waals surface area contributed by atoms with Crippen molar-refractivity contribution in [2.75, 3.05) is 16.2 Å². The zero-order valence-electron chi connectivity index (χ0n) is 15.4. The monoisotopic (exact) mass is 378 g/mol. The van der Waals surface area contributed by atoms with Gasteiger partial charge in [-0.15, -0.1) is 0 Å². The number of benzene rings is 2. The van der Waals surface area contributed by atoms with Crippen LogP contribution < -0.4 is 9.62 Å². The average Bonchev–Trinajstić information content (AvgIpc) is 3.05. The summed E-state index contributed by atoms with van der Waals surface area (Å²) in [6.07, 6.45) is 0. The fraction of sp³-hybridized carbons (Fsp3) is 0.238. The Labute approximate surface area is 163 Å². The number of carbonyl (C=O) groups excluding carboxylic acids is 1. The molecule has 3 aromatic rings. The molecule has 6 heteroatoms. The van der Waals surface area contributed by atoms with Crippen LogP contribution in [0.4, 0.5) is 11.8 Å². The Balaban J connectivity index is 1.66. The lowest BCUT2D eigenvalue weighted by Gasteiger charge is -2.30. The lowest BCUT2D eigenvalue weighted by Crippen LogP contribution is -2.28. The maximum atomic E-state index is 13.3. The minimum absolute atomic E-state index is 0.105. The van der Waals surface area contributed by atoms with Gasteiger partial charge in [0.05, 0.1) is 0 Å². The molecule has 1 unspecified atom stereocenters. The first-order chi connectivity index (χ1) is 13.2. The van der Waals surface area contributed by atoms with Crippen molar-refractivity contribution >= 4 is 29.5 Å². The number of nitrogens with zero attached hydrogens (tertiary/aromatic N) is 3. The lowest BCUT2D eigenvalue weighted by atomic mass is 10.1. The van der Waals surface area contributed by atoms with Crippen LogP contribution in [0.25, 0.3) is 0 Å². The first-order valence-corrected chi connectivity index (χ1v) is 9.90. The van der Waals surface area contributed by atoms with Crippen LogP contribution in [0.5, 0.6) is 0 Å². The van der Waals surface area contributed by atoms with Gasteiger partial charge in [-0.2, -0.15) is 4.98 Å². The molecule has 0 bridgehead atoms. The first kappa shape index (κ1) is 17.7. The van der Waals surface area contributed by atoms with Gasteiger partial charge >= 0.3 is 0 Å². The number of hydrogen-bond donors (Lipinski definition) is 1. The molecule has 0 amide bonds. The highest BCUT2D eigenvalue weighted by molar-refractivity contribution is 8.01. The number of carbonyl (C=O) groups is 1. The van der Waals surface area contributed by atoms with E-state index in [0.29, 0.717) is 18.2 Å². The summed E-state index contributed by atoms with van der Waals surface area (Å²) in [6, 6.07) is 20.1. The van der Waals surface area contributed by atoms with Crippen molar-refractivity contribution in [2.24, 2.45) is 7.05 Å². The third-order valence-corrected chi connectivity index (χ3v) is 6.08. The highest BCUT2D eigenvalue weighted by Crippen LogP contribution is 2.44. The van der Waals surface area contributed by atoms with E-state index in [2.05, 4.69) is 28.7 Å². The molecule has 1 aliphatic rings. The predicted molar refractivity (Wildman–Crippen MR) is 111 cm³/mol. The Bertz CT molecular complexity index is 940. The summed E-state index contributed by atoms with van der Waals surface area (Å²) in [5.74, 6) is 1.57. The highest BCUT2D eigenvalue weighted by atomic mass is 32.2. The molecule has 1 aliphatic heterocycles. The fourth-order valence-corrected chi connectivity index (χ4v) is 4.40. The van der Waals surface area contributed by atoms with Crippen molar-refractivity contribution in [3.05, 3.63) is 77.5 Å². The summed E-state index contributed by atoms with van der Waals surface area (Å²) in [7, 11) is 1.91. The number of aromatic nitrogens is 2. The Morgan fingerprint density at radius 2 is 1.74 bits per heavy atom. The third kappa shape index (κ3) is 3.32. The second-order valence-electron chi connectivity index (χ2n) is 6.46. The smallest absolute Gasteiger partial charge is 0.205 e. The van der Waals surface area contributed by atoms with Gasteiger partial charge in [0.25, 0.3) is 0 Å². The van der Waals surface area contributed by atoms with Gasteiger partial charge in [0.1, 0.15) is 10.9 Å². The maximum absolute atomic E-state index is 13.3. The number of ketones is 1. The minimum atomic E-state index is -0.240. The molecule has 0 aliphatic carbocycles.